The molecule has 108 valence electrons. The molecule has 1 aromatic carbocycles. The number of fused-ring (bicyclic) bond motifs is 1. The van der Waals surface area contributed by atoms with Crippen LogP contribution in [0.4, 0.5) is 0 Å². The maximum atomic E-state index is 6.06. The highest BCUT2D eigenvalue weighted by Gasteiger charge is 2.32. The van der Waals surface area contributed by atoms with E-state index in [1.165, 1.54) is 25.7 Å². The van der Waals surface area contributed by atoms with E-state index >= 15 is 0 Å². The number of ether oxygens (including phenoxy) is 2. The Kier molecular flexibility index (Phi) is 4.47. The third-order valence-electron chi connectivity index (χ3n) is 4.45. The highest BCUT2D eigenvalue weighted by molar-refractivity contribution is 9.10. The van der Waals surface area contributed by atoms with Gasteiger partial charge in [0.15, 0.2) is 0 Å². The van der Waals surface area contributed by atoms with Gasteiger partial charge in [0.2, 0.25) is 6.29 Å². The van der Waals surface area contributed by atoms with Gasteiger partial charge in [0, 0.05) is 16.0 Å². The minimum Gasteiger partial charge on any atom is -0.464 e. The Labute approximate surface area is 129 Å². The van der Waals surface area contributed by atoms with Gasteiger partial charge in [0.25, 0.3) is 0 Å². The molecule has 1 unspecified atom stereocenters. The summed E-state index contributed by atoms with van der Waals surface area (Å²) in [6.45, 7) is 4.50. The number of hydrogen-bond donors (Lipinski definition) is 0. The minimum atomic E-state index is -0.0617. The molecular weight excluding hydrogens is 316 g/mol. The van der Waals surface area contributed by atoms with Crippen molar-refractivity contribution in [1.29, 1.82) is 0 Å². The van der Waals surface area contributed by atoms with Crippen LogP contribution in [0.2, 0.25) is 0 Å². The van der Waals surface area contributed by atoms with Gasteiger partial charge in [0.1, 0.15) is 5.75 Å². The lowest BCUT2D eigenvalue weighted by atomic mass is 9.80. The summed E-state index contributed by atoms with van der Waals surface area (Å²) in [7, 11) is 0. The number of benzene rings is 1. The van der Waals surface area contributed by atoms with Gasteiger partial charge >= 0.3 is 0 Å². The molecule has 0 saturated heterocycles. The Balaban J connectivity index is 1.60. The molecule has 2 aliphatic rings. The first-order valence-corrected chi connectivity index (χ1v) is 8.23. The van der Waals surface area contributed by atoms with Crippen molar-refractivity contribution < 1.29 is 9.47 Å². The Hall–Kier alpha value is -0.800. The molecule has 1 atom stereocenters. The van der Waals surface area contributed by atoms with E-state index in [2.05, 4.69) is 28.6 Å². The third kappa shape index (κ3) is 3.09. The van der Waals surface area contributed by atoms with Gasteiger partial charge in [-0.05, 0) is 56.2 Å². The van der Waals surface area contributed by atoms with E-state index in [0.717, 1.165) is 28.1 Å². The summed E-state index contributed by atoms with van der Waals surface area (Å²) in [6, 6.07) is 6.15. The highest BCUT2D eigenvalue weighted by atomic mass is 79.9. The van der Waals surface area contributed by atoms with Crippen LogP contribution < -0.4 is 4.74 Å². The Bertz CT molecular complexity index is 478. The highest BCUT2D eigenvalue weighted by Crippen LogP contribution is 2.38. The number of rotatable bonds is 3. The molecule has 0 amide bonds. The molecule has 2 nitrogen and oxygen atoms in total. The number of hydrogen-bond acceptors (Lipinski definition) is 2. The van der Waals surface area contributed by atoms with Crippen molar-refractivity contribution in [2.45, 2.75) is 45.0 Å². The van der Waals surface area contributed by atoms with Crippen molar-refractivity contribution in [2.75, 3.05) is 0 Å². The van der Waals surface area contributed by atoms with E-state index < -0.39 is 0 Å². The van der Waals surface area contributed by atoms with Gasteiger partial charge in [-0.15, -0.1) is 6.58 Å². The molecule has 1 saturated carbocycles. The summed E-state index contributed by atoms with van der Waals surface area (Å²) < 4.78 is 13.1. The van der Waals surface area contributed by atoms with Crippen molar-refractivity contribution in [2.24, 2.45) is 11.8 Å². The summed E-state index contributed by atoms with van der Waals surface area (Å²) >= 11 is 3.48. The zero-order chi connectivity index (χ0) is 13.9. The van der Waals surface area contributed by atoms with Crippen LogP contribution in [0, 0.1) is 11.8 Å². The molecule has 1 aromatic rings. The van der Waals surface area contributed by atoms with Gasteiger partial charge in [-0.25, -0.2) is 0 Å². The first kappa shape index (κ1) is 14.2. The topological polar surface area (TPSA) is 18.5 Å². The fourth-order valence-corrected chi connectivity index (χ4v) is 3.68. The summed E-state index contributed by atoms with van der Waals surface area (Å²) in [5.74, 6) is 2.33. The maximum Gasteiger partial charge on any atom is 0.203 e. The van der Waals surface area contributed by atoms with Crippen molar-refractivity contribution in [3.8, 4) is 5.75 Å². The average molecular weight is 337 g/mol. The Morgan fingerprint density at radius 2 is 2.05 bits per heavy atom. The van der Waals surface area contributed by atoms with Crippen molar-refractivity contribution >= 4 is 15.9 Å². The van der Waals surface area contributed by atoms with E-state index in [0.29, 0.717) is 12.5 Å². The fourth-order valence-electron chi connectivity index (χ4n) is 3.27. The van der Waals surface area contributed by atoms with Crippen LogP contribution in [0.1, 0.15) is 37.7 Å². The zero-order valence-electron chi connectivity index (χ0n) is 11.7. The summed E-state index contributed by atoms with van der Waals surface area (Å²) in [6.07, 6.45) is 8.08. The number of allylic oxidation sites excluding steroid dienone is 1. The van der Waals surface area contributed by atoms with Gasteiger partial charge in [0.05, 0.1) is 6.61 Å². The van der Waals surface area contributed by atoms with Crippen LogP contribution >= 0.6 is 15.9 Å². The van der Waals surface area contributed by atoms with Crippen LogP contribution in [-0.4, -0.2) is 6.29 Å². The van der Waals surface area contributed by atoms with Gasteiger partial charge in [-0.3, -0.25) is 0 Å². The molecule has 1 aliphatic carbocycles. The molecule has 1 heterocycles. The second kappa shape index (κ2) is 6.31. The lowest BCUT2D eigenvalue weighted by Gasteiger charge is -2.36. The largest absolute Gasteiger partial charge is 0.464 e. The predicted molar refractivity (Wildman–Crippen MR) is 83.6 cm³/mol. The lowest BCUT2D eigenvalue weighted by molar-refractivity contribution is -0.148. The maximum absolute atomic E-state index is 6.06. The molecule has 0 bridgehead atoms. The molecule has 1 fully saturated rings. The molecule has 0 N–H and O–H groups in total. The van der Waals surface area contributed by atoms with Gasteiger partial charge in [-0.1, -0.05) is 22.0 Å². The Morgan fingerprint density at radius 3 is 2.80 bits per heavy atom. The summed E-state index contributed by atoms with van der Waals surface area (Å²) in [5.41, 5.74) is 1.14. The van der Waals surface area contributed by atoms with E-state index in [-0.39, 0.29) is 6.29 Å². The summed E-state index contributed by atoms with van der Waals surface area (Å²) in [5, 5.41) is 0. The average Bonchev–Trinajstić information content (AvgIpc) is 2.48. The monoisotopic (exact) mass is 336 g/mol. The second-order valence-corrected chi connectivity index (χ2v) is 6.77. The molecule has 1 aliphatic heterocycles. The van der Waals surface area contributed by atoms with Crippen LogP contribution in [-0.2, 0) is 11.3 Å². The second-order valence-electron chi connectivity index (χ2n) is 5.85. The van der Waals surface area contributed by atoms with Crippen molar-refractivity contribution in [3.63, 3.8) is 0 Å². The minimum absolute atomic E-state index is 0.0617. The quantitative estimate of drug-likeness (QED) is 0.717. The lowest BCUT2D eigenvalue weighted by Crippen LogP contribution is -2.35. The Morgan fingerprint density at radius 1 is 1.25 bits per heavy atom. The molecule has 0 aromatic heterocycles. The fraction of sp³-hybridized carbons (Fsp3) is 0.529. The van der Waals surface area contributed by atoms with Crippen molar-refractivity contribution in [1.82, 2.24) is 0 Å². The normalized spacial score (nSPS) is 29.4. The van der Waals surface area contributed by atoms with Gasteiger partial charge < -0.3 is 9.47 Å². The van der Waals surface area contributed by atoms with Crippen molar-refractivity contribution in [3.05, 3.63) is 40.9 Å². The molecule has 20 heavy (non-hydrogen) atoms. The number of halogens is 1. The van der Waals surface area contributed by atoms with E-state index in [4.69, 9.17) is 9.47 Å². The molecule has 0 radical (unpaired) electrons. The third-order valence-corrected chi connectivity index (χ3v) is 4.94. The van der Waals surface area contributed by atoms with E-state index in [9.17, 15) is 0 Å². The van der Waals surface area contributed by atoms with Gasteiger partial charge in [-0.2, -0.15) is 0 Å². The van der Waals surface area contributed by atoms with E-state index in [1.54, 1.807) is 0 Å². The molecule has 3 heteroatoms. The first-order chi connectivity index (χ1) is 9.76. The zero-order valence-corrected chi connectivity index (χ0v) is 13.3. The smallest absolute Gasteiger partial charge is 0.203 e. The molecular formula is C17H21BrO2. The summed E-state index contributed by atoms with van der Waals surface area (Å²) in [4.78, 5) is 0. The standard InChI is InChI=1S/C17H21BrO2/c1-2-3-12-4-6-13(7-5-12)17-19-11-14-10-15(18)8-9-16(14)20-17/h2,8-10,12-13,17H,1,3-7,11H2. The van der Waals surface area contributed by atoms with E-state index in [1.807, 2.05) is 18.2 Å². The van der Waals surface area contributed by atoms with Crippen LogP contribution in [0.15, 0.2) is 35.3 Å². The SMILES string of the molecule is C=CCC1CCC(C2OCc3cc(Br)ccc3O2)CC1. The van der Waals surface area contributed by atoms with Crippen LogP contribution in [0.25, 0.3) is 0 Å². The predicted octanol–water partition coefficient (Wildman–Crippen LogP) is 5.07. The van der Waals surface area contributed by atoms with Crippen LogP contribution in [0.3, 0.4) is 0 Å². The molecule has 0 spiro atoms. The molecule has 3 rings (SSSR count). The first-order valence-electron chi connectivity index (χ1n) is 7.44. The van der Waals surface area contributed by atoms with Crippen LogP contribution in [0.5, 0.6) is 5.75 Å².